The van der Waals surface area contributed by atoms with Crippen molar-refractivity contribution in [3.8, 4) is 51.0 Å². The quantitative estimate of drug-likeness (QED) is 0.0352. The summed E-state index contributed by atoms with van der Waals surface area (Å²) in [6.07, 6.45) is 8.41. The number of benzene rings is 6. The Hall–Kier alpha value is -8.48. The van der Waals surface area contributed by atoms with Gasteiger partial charge in [0.05, 0.1) is 102 Å². The summed E-state index contributed by atoms with van der Waals surface area (Å²) in [6, 6.07) is 26.9. The minimum absolute atomic E-state index is 0.0545. The van der Waals surface area contributed by atoms with Gasteiger partial charge in [0.15, 0.2) is 12.5 Å². The minimum Gasteiger partial charge on any atom is -0.497 e. The fourth-order valence-corrected chi connectivity index (χ4v) is 9.37. The van der Waals surface area contributed by atoms with Crippen LogP contribution in [0.2, 0.25) is 0 Å². The fourth-order valence-electron chi connectivity index (χ4n) is 9.37. The molecule has 1 fully saturated rings. The first-order chi connectivity index (χ1) is 41.7. The highest BCUT2D eigenvalue weighted by Crippen LogP contribution is 2.43. The van der Waals surface area contributed by atoms with Crippen LogP contribution in [-0.2, 0) is 9.47 Å². The molecule has 7 N–H and O–H groups in total. The van der Waals surface area contributed by atoms with Crippen molar-refractivity contribution in [2.75, 3.05) is 57.1 Å². The van der Waals surface area contributed by atoms with Gasteiger partial charge in [0.2, 0.25) is 0 Å². The SMILES string of the molecule is CCC(OC)n1ncc2c1-c1ccc(OC)cc1N=C(c1c(F)cccc1F)N2.COc1ccc(-c2c(N)cnn2C2CCCCO2)c(N)c1.COc1ccc2c(c1)N=C(c1c(F)cccc1F)Nc1cn[nH]c1-2.II.O=Cc1c(F)cccc1F. The second-order valence-electron chi connectivity index (χ2n) is 18.7. The number of halogens is 8. The van der Waals surface area contributed by atoms with Gasteiger partial charge in [0.1, 0.15) is 70.1 Å². The molecule has 0 spiro atoms. The molecule has 0 amide bonds. The van der Waals surface area contributed by atoms with Crippen molar-refractivity contribution in [1.29, 1.82) is 0 Å². The Morgan fingerprint density at radius 2 is 1.16 bits per heavy atom. The normalized spacial score (nSPS) is 13.8. The zero-order chi connectivity index (χ0) is 61.6. The first kappa shape index (κ1) is 63.5. The van der Waals surface area contributed by atoms with E-state index >= 15 is 0 Å². The molecule has 2 unspecified atom stereocenters. The van der Waals surface area contributed by atoms with E-state index in [4.69, 9.17) is 35.2 Å². The summed E-state index contributed by atoms with van der Waals surface area (Å²) >= 11 is 4.24. The van der Waals surface area contributed by atoms with Crippen LogP contribution in [-0.4, -0.2) is 82.8 Å². The van der Waals surface area contributed by atoms with Crippen LogP contribution in [0, 0.1) is 34.9 Å². The molecule has 18 nitrogen and oxygen atoms in total. The second-order valence-corrected chi connectivity index (χ2v) is 18.7. The molecule has 12 rings (SSSR count). The molecule has 448 valence electrons. The van der Waals surface area contributed by atoms with Crippen LogP contribution in [0.5, 0.6) is 17.2 Å². The summed E-state index contributed by atoms with van der Waals surface area (Å²) in [4.78, 5) is 18.9. The Bertz CT molecular complexity index is 3850. The highest BCUT2D eigenvalue weighted by atomic mass is 128. The molecular weight excluding hydrogens is 1350 g/mol. The summed E-state index contributed by atoms with van der Waals surface area (Å²) in [5.41, 5.74) is 19.2. The van der Waals surface area contributed by atoms with Gasteiger partial charge in [-0.05, 0) is 98.5 Å². The van der Waals surface area contributed by atoms with Gasteiger partial charge >= 0.3 is 0 Å². The van der Waals surface area contributed by atoms with E-state index in [1.165, 1.54) is 42.5 Å². The maximum atomic E-state index is 14.5. The largest absolute Gasteiger partial charge is 0.497 e. The molecule has 1 saturated heterocycles. The molecule has 0 aliphatic carbocycles. The predicted molar refractivity (Wildman–Crippen MR) is 335 cm³/mol. The number of fused-ring (bicyclic) bond motifs is 6. The van der Waals surface area contributed by atoms with Gasteiger partial charge in [0.25, 0.3) is 0 Å². The summed E-state index contributed by atoms with van der Waals surface area (Å²) in [5.74, 6) is -2.45. The van der Waals surface area contributed by atoms with Gasteiger partial charge in [-0.3, -0.25) is 9.89 Å². The molecule has 3 aliphatic rings. The number of methoxy groups -OCH3 is 4. The number of carbonyl (C=O) groups excluding carboxylic acids is 1. The topological polar surface area (TPSA) is 228 Å². The Labute approximate surface area is 513 Å². The molecule has 3 aromatic heterocycles. The summed E-state index contributed by atoms with van der Waals surface area (Å²) in [7, 11) is 6.31. The molecule has 6 aromatic carbocycles. The number of carbonyl (C=O) groups is 1. The van der Waals surface area contributed by atoms with E-state index in [1.54, 1.807) is 82.0 Å². The smallest absolute Gasteiger partial charge is 0.155 e. The first-order valence-electron chi connectivity index (χ1n) is 26.2. The second kappa shape index (κ2) is 29.6. The number of nitrogens with two attached hydrogens (primary N) is 2. The first-order valence-corrected chi connectivity index (χ1v) is 32.5. The molecule has 26 heteroatoms. The lowest BCUT2D eigenvalue weighted by Gasteiger charge is -2.25. The predicted octanol–water partition coefficient (Wildman–Crippen LogP) is 14.7. The van der Waals surface area contributed by atoms with Gasteiger partial charge in [-0.25, -0.2) is 45.7 Å². The molecule has 0 bridgehead atoms. The van der Waals surface area contributed by atoms with Crippen molar-refractivity contribution < 1.29 is 54.8 Å². The number of aliphatic imine (C=N–C) groups is 2. The number of amidine groups is 2. The van der Waals surface area contributed by atoms with Gasteiger partial charge in [-0.15, -0.1) is 0 Å². The van der Waals surface area contributed by atoms with Crippen LogP contribution < -0.4 is 36.3 Å². The number of nitrogens with zero attached hydrogens (tertiary/aromatic N) is 7. The molecule has 0 radical (unpaired) electrons. The van der Waals surface area contributed by atoms with E-state index in [0.717, 1.165) is 66.1 Å². The average Bonchev–Trinajstić information content (AvgIpc) is 2.38. The van der Waals surface area contributed by atoms with E-state index in [-0.39, 0.29) is 41.5 Å². The van der Waals surface area contributed by atoms with Crippen molar-refractivity contribution in [3.05, 3.63) is 179 Å². The highest BCUT2D eigenvalue weighted by Gasteiger charge is 2.29. The number of hydrogen-bond acceptors (Lipinski definition) is 15. The number of anilines is 4. The molecule has 0 saturated carbocycles. The van der Waals surface area contributed by atoms with Crippen LogP contribution in [0.4, 0.5) is 60.5 Å². The number of nitrogen functional groups attached to an aromatic ring is 2. The van der Waals surface area contributed by atoms with Crippen LogP contribution >= 0.6 is 37.2 Å². The molecule has 2 atom stereocenters. The Morgan fingerprint density at radius 1 is 0.640 bits per heavy atom. The number of aromatic amines is 1. The lowest BCUT2D eigenvalue weighted by molar-refractivity contribution is -0.0383. The Morgan fingerprint density at radius 3 is 1.66 bits per heavy atom. The molecule has 3 aliphatic heterocycles. The van der Waals surface area contributed by atoms with Crippen molar-refractivity contribution in [3.63, 3.8) is 0 Å². The number of rotatable bonds is 11. The minimum atomic E-state index is -0.824. The van der Waals surface area contributed by atoms with Crippen molar-refractivity contribution in [1.82, 2.24) is 29.8 Å². The number of aldehydes is 1. The van der Waals surface area contributed by atoms with Crippen molar-refractivity contribution >= 4 is 89.3 Å². The van der Waals surface area contributed by atoms with E-state index in [1.807, 2.05) is 35.9 Å². The maximum Gasteiger partial charge on any atom is 0.155 e. The highest BCUT2D eigenvalue weighted by molar-refractivity contribution is 15.0. The summed E-state index contributed by atoms with van der Waals surface area (Å²) in [5, 5.41) is 21.7. The standard InChI is InChI=1S/C21H20F2N4O2.C17H12F2N4O.C15H20N4O2.C7H4F2O.I2/c1-4-18(29-3)27-20-13-9-8-12(28-2)10-16(13)25-21(26-17(20)11-24-27)19-14(22)6-5-7-15(19)23;1-24-9-5-6-10-13(7-9)21-17(22-14-8-20-23-16(10)14)15-11(18)3-2-4-12(15)19;1-20-10-5-6-11(12(16)8-10)15-13(17)9-18-19(15)14-4-2-3-7-21-14;8-6-2-1-3-7(9)5(6)4-10;1-2/h5-11,18H,4H2,1-3H3,(H,25,26);2-8H,1H3,(H,20,23)(H,21,22);5-6,8-9,14H,2-4,7,16-17H2,1H3;1-4H;. The summed E-state index contributed by atoms with van der Waals surface area (Å²) < 4.78 is 113. The van der Waals surface area contributed by atoms with Gasteiger partial charge < -0.3 is 45.8 Å². The molecule has 86 heavy (non-hydrogen) atoms. The van der Waals surface area contributed by atoms with Crippen LogP contribution in [0.15, 0.2) is 138 Å². The lowest BCUT2D eigenvalue weighted by atomic mass is 10.1. The number of H-pyrrole nitrogens is 1. The van der Waals surface area contributed by atoms with E-state index in [2.05, 4.69) is 78.2 Å². The van der Waals surface area contributed by atoms with E-state index in [9.17, 15) is 31.1 Å². The Balaban J connectivity index is 0.000000154. The van der Waals surface area contributed by atoms with Crippen molar-refractivity contribution in [2.24, 2.45) is 9.98 Å². The van der Waals surface area contributed by atoms with E-state index < -0.39 is 40.5 Å². The van der Waals surface area contributed by atoms with E-state index in [0.29, 0.717) is 63.4 Å². The number of aromatic nitrogens is 6. The summed E-state index contributed by atoms with van der Waals surface area (Å²) in [6.45, 7) is 2.74. The molecule has 9 aromatic rings. The molecular formula is C60H56F6I2N12O6. The average molecular weight is 1410 g/mol. The third-order valence-electron chi connectivity index (χ3n) is 13.5. The molecule has 6 heterocycles. The van der Waals surface area contributed by atoms with Crippen LogP contribution in [0.25, 0.3) is 33.8 Å². The Kier molecular flexibility index (Phi) is 21.8. The van der Waals surface area contributed by atoms with Crippen molar-refractivity contribution in [2.45, 2.75) is 45.1 Å². The van der Waals surface area contributed by atoms with Gasteiger partial charge in [-0.1, -0.05) is 25.1 Å². The van der Waals surface area contributed by atoms with Crippen LogP contribution in [0.1, 0.15) is 66.5 Å². The van der Waals surface area contributed by atoms with Gasteiger partial charge in [-0.2, -0.15) is 15.3 Å². The van der Waals surface area contributed by atoms with Gasteiger partial charge in [0, 0.05) is 91.5 Å². The fraction of sp³-hybridized carbons (Fsp3) is 0.200. The maximum absolute atomic E-state index is 14.5. The zero-order valence-corrected chi connectivity index (χ0v) is 51.0. The monoisotopic (exact) mass is 1410 g/mol. The zero-order valence-electron chi connectivity index (χ0n) is 46.7. The lowest BCUT2D eigenvalue weighted by Crippen LogP contribution is -2.20. The third-order valence-corrected chi connectivity index (χ3v) is 13.5. The number of nitrogens with one attached hydrogen (secondary N) is 3. The number of ether oxygens (including phenoxy) is 5. The number of hydrogen-bond donors (Lipinski definition) is 5. The third kappa shape index (κ3) is 14.1. The van der Waals surface area contributed by atoms with Crippen LogP contribution in [0.3, 0.4) is 0 Å².